The van der Waals surface area contributed by atoms with E-state index in [1.165, 1.54) is 0 Å². The molecule has 1 aliphatic heterocycles. The molecular weight excluding hydrogens is 340 g/mol. The SMILES string of the molecule is Cc1ccc(C)c2c(C)c(C(=O)N3CCC(NS(C)(=O)=O)CC3)oc12. The van der Waals surface area contributed by atoms with Gasteiger partial charge >= 0.3 is 0 Å². The van der Waals surface area contributed by atoms with Gasteiger partial charge in [0, 0.05) is 30.1 Å². The van der Waals surface area contributed by atoms with E-state index in [1.54, 1.807) is 4.90 Å². The molecule has 2 heterocycles. The highest BCUT2D eigenvalue weighted by atomic mass is 32.2. The van der Waals surface area contributed by atoms with Gasteiger partial charge < -0.3 is 9.32 Å². The number of carbonyl (C=O) groups is 1. The number of carbonyl (C=O) groups excluding carboxylic acids is 1. The molecule has 1 aromatic heterocycles. The van der Waals surface area contributed by atoms with Crippen LogP contribution in [-0.2, 0) is 10.0 Å². The number of furan rings is 1. The van der Waals surface area contributed by atoms with Crippen molar-refractivity contribution in [3.05, 3.63) is 34.6 Å². The standard InChI is InChI=1S/C18H24N2O4S/c1-11-5-6-12(2)16-15(11)13(3)17(24-16)18(21)20-9-7-14(8-10-20)19-25(4,22)23/h5-6,14,19H,7-10H2,1-4H3. The van der Waals surface area contributed by atoms with Crippen LogP contribution < -0.4 is 4.72 Å². The molecule has 136 valence electrons. The molecule has 0 aliphatic carbocycles. The van der Waals surface area contributed by atoms with Crippen molar-refractivity contribution in [1.29, 1.82) is 0 Å². The van der Waals surface area contributed by atoms with E-state index in [4.69, 9.17) is 4.42 Å². The fourth-order valence-electron chi connectivity index (χ4n) is 3.53. The van der Waals surface area contributed by atoms with Gasteiger partial charge in [-0.2, -0.15) is 0 Å². The molecule has 25 heavy (non-hydrogen) atoms. The second kappa shape index (κ2) is 6.46. The molecule has 1 amide bonds. The average Bonchev–Trinajstić information content (AvgIpc) is 2.88. The van der Waals surface area contributed by atoms with Crippen molar-refractivity contribution in [3.63, 3.8) is 0 Å². The van der Waals surface area contributed by atoms with Gasteiger partial charge in [-0.25, -0.2) is 13.1 Å². The summed E-state index contributed by atoms with van der Waals surface area (Å²) in [7, 11) is -3.22. The summed E-state index contributed by atoms with van der Waals surface area (Å²) in [6, 6.07) is 3.92. The molecule has 0 bridgehead atoms. The van der Waals surface area contributed by atoms with Crippen LogP contribution in [0.4, 0.5) is 0 Å². The van der Waals surface area contributed by atoms with Crippen LogP contribution in [-0.4, -0.2) is 44.6 Å². The van der Waals surface area contributed by atoms with E-state index >= 15 is 0 Å². The quantitative estimate of drug-likeness (QED) is 0.907. The molecule has 6 nitrogen and oxygen atoms in total. The molecule has 1 aromatic carbocycles. The molecule has 1 saturated heterocycles. The number of piperidine rings is 1. The number of benzene rings is 1. The number of hydrogen-bond acceptors (Lipinski definition) is 4. The lowest BCUT2D eigenvalue weighted by molar-refractivity contribution is 0.0680. The van der Waals surface area contributed by atoms with Gasteiger partial charge in [0.05, 0.1) is 6.26 Å². The van der Waals surface area contributed by atoms with Crippen molar-refractivity contribution in [2.24, 2.45) is 0 Å². The van der Waals surface area contributed by atoms with Crippen molar-refractivity contribution < 1.29 is 17.6 Å². The van der Waals surface area contributed by atoms with Crippen molar-refractivity contribution in [2.45, 2.75) is 39.7 Å². The molecule has 0 unspecified atom stereocenters. The number of aryl methyl sites for hydroxylation is 3. The Hall–Kier alpha value is -1.86. The van der Waals surface area contributed by atoms with Crippen LogP contribution in [0.2, 0.25) is 0 Å². The largest absolute Gasteiger partial charge is 0.450 e. The molecule has 3 rings (SSSR count). The van der Waals surface area contributed by atoms with E-state index in [2.05, 4.69) is 4.72 Å². The Morgan fingerprint density at radius 3 is 2.32 bits per heavy atom. The van der Waals surface area contributed by atoms with Crippen LogP contribution in [0.3, 0.4) is 0 Å². The number of likely N-dealkylation sites (tertiary alicyclic amines) is 1. The molecule has 0 radical (unpaired) electrons. The Balaban J connectivity index is 1.81. The average molecular weight is 364 g/mol. The van der Waals surface area contributed by atoms with E-state index in [-0.39, 0.29) is 11.9 Å². The van der Waals surface area contributed by atoms with Crippen molar-refractivity contribution in [3.8, 4) is 0 Å². The number of amides is 1. The van der Waals surface area contributed by atoms with E-state index in [1.807, 2.05) is 32.9 Å². The Labute approximate surface area is 148 Å². The monoisotopic (exact) mass is 364 g/mol. The third-order valence-corrected chi connectivity index (χ3v) is 5.60. The lowest BCUT2D eigenvalue weighted by Gasteiger charge is -2.31. The van der Waals surface area contributed by atoms with Crippen molar-refractivity contribution in [2.75, 3.05) is 19.3 Å². The molecule has 1 fully saturated rings. The van der Waals surface area contributed by atoms with E-state index in [9.17, 15) is 13.2 Å². The minimum Gasteiger partial charge on any atom is -0.450 e. The molecule has 2 aromatic rings. The summed E-state index contributed by atoms with van der Waals surface area (Å²) < 4.78 is 31.2. The number of hydrogen-bond donors (Lipinski definition) is 1. The first-order valence-corrected chi connectivity index (χ1v) is 10.3. The highest BCUT2D eigenvalue weighted by molar-refractivity contribution is 7.88. The van der Waals surface area contributed by atoms with Gasteiger partial charge in [0.25, 0.3) is 5.91 Å². The number of nitrogens with one attached hydrogen (secondary N) is 1. The summed E-state index contributed by atoms with van der Waals surface area (Å²) in [6.07, 6.45) is 2.37. The van der Waals surface area contributed by atoms with Crippen LogP contribution in [0.25, 0.3) is 11.0 Å². The van der Waals surface area contributed by atoms with Gasteiger partial charge in [0.2, 0.25) is 10.0 Å². The first kappa shape index (κ1) is 17.9. The molecule has 0 spiro atoms. The van der Waals surface area contributed by atoms with Gasteiger partial charge in [-0.05, 0) is 44.7 Å². The Morgan fingerprint density at radius 1 is 1.16 bits per heavy atom. The molecule has 1 N–H and O–H groups in total. The third kappa shape index (κ3) is 3.57. The fraction of sp³-hybridized carbons (Fsp3) is 0.500. The number of fused-ring (bicyclic) bond motifs is 1. The van der Waals surface area contributed by atoms with Gasteiger partial charge in [-0.15, -0.1) is 0 Å². The second-order valence-electron chi connectivity index (χ2n) is 6.92. The zero-order chi connectivity index (χ0) is 18.4. The zero-order valence-electron chi connectivity index (χ0n) is 15.0. The van der Waals surface area contributed by atoms with Gasteiger partial charge in [0.15, 0.2) is 5.76 Å². The third-order valence-electron chi connectivity index (χ3n) is 4.84. The topological polar surface area (TPSA) is 79.6 Å². The van der Waals surface area contributed by atoms with Gasteiger partial charge in [-0.1, -0.05) is 12.1 Å². The first-order chi connectivity index (χ1) is 11.7. The summed E-state index contributed by atoms with van der Waals surface area (Å²) in [5.74, 6) is 0.271. The van der Waals surface area contributed by atoms with Crippen molar-refractivity contribution >= 4 is 26.9 Å². The highest BCUT2D eigenvalue weighted by Gasteiger charge is 2.29. The summed E-state index contributed by atoms with van der Waals surface area (Å²) >= 11 is 0. The minimum absolute atomic E-state index is 0.111. The summed E-state index contributed by atoms with van der Waals surface area (Å²) in [5, 5.41) is 1.01. The van der Waals surface area contributed by atoms with Crippen molar-refractivity contribution in [1.82, 2.24) is 9.62 Å². The Morgan fingerprint density at radius 2 is 1.76 bits per heavy atom. The Bertz CT molecular complexity index is 922. The maximum absolute atomic E-state index is 12.9. The molecule has 1 aliphatic rings. The molecular formula is C18H24N2O4S. The maximum atomic E-state index is 12.9. The summed E-state index contributed by atoms with van der Waals surface area (Å²) in [6.45, 7) is 6.94. The normalized spacial score (nSPS) is 16.6. The predicted octanol–water partition coefficient (Wildman–Crippen LogP) is 2.51. The van der Waals surface area contributed by atoms with Crippen LogP contribution in [0.15, 0.2) is 16.5 Å². The number of rotatable bonds is 3. The predicted molar refractivity (Wildman–Crippen MR) is 97.3 cm³/mol. The highest BCUT2D eigenvalue weighted by Crippen LogP contribution is 2.31. The maximum Gasteiger partial charge on any atom is 0.289 e. The fourth-order valence-corrected chi connectivity index (χ4v) is 4.37. The van der Waals surface area contributed by atoms with E-state index in [0.29, 0.717) is 31.7 Å². The number of sulfonamides is 1. The molecule has 0 atom stereocenters. The number of nitrogens with zero attached hydrogens (tertiary/aromatic N) is 1. The molecule has 0 saturated carbocycles. The summed E-state index contributed by atoms with van der Waals surface area (Å²) in [4.78, 5) is 14.6. The van der Waals surface area contributed by atoms with Crippen LogP contribution >= 0.6 is 0 Å². The van der Waals surface area contributed by atoms with Crippen LogP contribution in [0.1, 0.15) is 40.1 Å². The zero-order valence-corrected chi connectivity index (χ0v) is 15.9. The second-order valence-corrected chi connectivity index (χ2v) is 8.70. The first-order valence-electron chi connectivity index (χ1n) is 8.43. The lowest BCUT2D eigenvalue weighted by Crippen LogP contribution is -2.46. The van der Waals surface area contributed by atoms with E-state index in [0.717, 1.165) is 33.9 Å². The van der Waals surface area contributed by atoms with Gasteiger partial charge in [-0.3, -0.25) is 4.79 Å². The van der Waals surface area contributed by atoms with Crippen LogP contribution in [0, 0.1) is 20.8 Å². The summed E-state index contributed by atoms with van der Waals surface area (Å²) in [5.41, 5.74) is 3.75. The lowest BCUT2D eigenvalue weighted by atomic mass is 10.0. The minimum atomic E-state index is -3.22. The smallest absolute Gasteiger partial charge is 0.289 e. The van der Waals surface area contributed by atoms with E-state index < -0.39 is 10.0 Å². The Kier molecular flexibility index (Phi) is 4.64. The van der Waals surface area contributed by atoms with Gasteiger partial charge in [0.1, 0.15) is 5.58 Å². The van der Waals surface area contributed by atoms with Crippen LogP contribution in [0.5, 0.6) is 0 Å². The molecule has 7 heteroatoms.